The van der Waals surface area contributed by atoms with Gasteiger partial charge in [0.25, 0.3) is 0 Å². The minimum atomic E-state index is 1.16. The van der Waals surface area contributed by atoms with Crippen molar-refractivity contribution >= 4 is 32.3 Å². The van der Waals surface area contributed by atoms with Gasteiger partial charge in [-0.05, 0) is 63.2 Å². The van der Waals surface area contributed by atoms with Gasteiger partial charge in [0.05, 0.1) is 0 Å². The number of hydrogen-bond donors (Lipinski definition) is 0. The third-order valence-electron chi connectivity index (χ3n) is 4.95. The van der Waals surface area contributed by atoms with Crippen LogP contribution in [0, 0.1) is 6.92 Å². The van der Waals surface area contributed by atoms with Gasteiger partial charge in [-0.25, -0.2) is 0 Å². The van der Waals surface area contributed by atoms with Crippen LogP contribution in [0.25, 0.3) is 32.3 Å². The Morgan fingerprint density at radius 3 is 2.22 bits per heavy atom. The summed E-state index contributed by atoms with van der Waals surface area (Å²) in [6.07, 6.45) is 3.64. The number of fused-ring (bicyclic) bond motifs is 5. The first kappa shape index (κ1) is 14.3. The van der Waals surface area contributed by atoms with Gasteiger partial charge >= 0.3 is 0 Å². The monoisotopic (exact) mass is 298 g/mol. The summed E-state index contributed by atoms with van der Waals surface area (Å²) in [6.45, 7) is 4.50. The molecule has 0 fully saturated rings. The molecule has 0 saturated carbocycles. The van der Waals surface area contributed by atoms with E-state index in [-0.39, 0.29) is 0 Å². The van der Waals surface area contributed by atoms with Crippen molar-refractivity contribution in [1.82, 2.24) is 0 Å². The topological polar surface area (TPSA) is 0 Å². The van der Waals surface area contributed by atoms with Crippen LogP contribution in [-0.2, 0) is 6.42 Å². The Morgan fingerprint density at radius 2 is 1.43 bits per heavy atom. The number of hydrogen-bond acceptors (Lipinski definition) is 0. The molecule has 0 N–H and O–H groups in total. The fourth-order valence-electron chi connectivity index (χ4n) is 3.81. The van der Waals surface area contributed by atoms with Crippen molar-refractivity contribution in [2.24, 2.45) is 0 Å². The average Bonchev–Trinajstić information content (AvgIpc) is 2.60. The molecule has 0 unspecified atom stereocenters. The SMILES string of the molecule is CCCCc1cc2ccccc2c2cc(C)c3ccccc3c12. The van der Waals surface area contributed by atoms with E-state index >= 15 is 0 Å². The maximum Gasteiger partial charge on any atom is -0.00667 e. The molecule has 4 rings (SSSR count). The Labute approximate surface area is 137 Å². The van der Waals surface area contributed by atoms with Crippen molar-refractivity contribution in [3.63, 3.8) is 0 Å². The van der Waals surface area contributed by atoms with Crippen molar-refractivity contribution in [2.75, 3.05) is 0 Å². The summed E-state index contributed by atoms with van der Waals surface area (Å²) in [7, 11) is 0. The first-order valence-corrected chi connectivity index (χ1v) is 8.62. The summed E-state index contributed by atoms with van der Waals surface area (Å²) in [5.41, 5.74) is 2.86. The zero-order chi connectivity index (χ0) is 15.8. The van der Waals surface area contributed by atoms with Crippen LogP contribution in [0.2, 0.25) is 0 Å². The lowest BCUT2D eigenvalue weighted by Crippen LogP contribution is -1.92. The fourth-order valence-corrected chi connectivity index (χ4v) is 3.81. The molecule has 114 valence electrons. The second kappa shape index (κ2) is 5.70. The van der Waals surface area contributed by atoms with Crippen molar-refractivity contribution in [2.45, 2.75) is 33.1 Å². The molecule has 0 bridgehead atoms. The summed E-state index contributed by atoms with van der Waals surface area (Å²) in [5, 5.41) is 8.38. The van der Waals surface area contributed by atoms with Crippen LogP contribution < -0.4 is 0 Å². The van der Waals surface area contributed by atoms with E-state index in [2.05, 4.69) is 74.5 Å². The summed E-state index contributed by atoms with van der Waals surface area (Å²) >= 11 is 0. The van der Waals surface area contributed by atoms with Crippen molar-refractivity contribution in [1.29, 1.82) is 0 Å². The van der Waals surface area contributed by atoms with Crippen LogP contribution in [0.5, 0.6) is 0 Å². The number of aryl methyl sites for hydroxylation is 2. The highest BCUT2D eigenvalue weighted by Gasteiger charge is 2.11. The molecule has 0 heterocycles. The van der Waals surface area contributed by atoms with E-state index in [1.165, 1.54) is 56.3 Å². The third-order valence-corrected chi connectivity index (χ3v) is 4.95. The normalized spacial score (nSPS) is 11.6. The largest absolute Gasteiger partial charge is 0.0654 e. The standard InChI is InChI=1S/C23H22/c1-3-4-9-18-15-17-10-5-6-12-20(17)22-14-16(2)19-11-7-8-13-21(19)23(18)22/h5-8,10-15H,3-4,9H2,1-2H3. The smallest absolute Gasteiger partial charge is 0.00667 e. The lowest BCUT2D eigenvalue weighted by Gasteiger charge is -2.15. The quantitative estimate of drug-likeness (QED) is 0.365. The molecule has 0 nitrogen and oxygen atoms in total. The zero-order valence-electron chi connectivity index (χ0n) is 13.9. The molecular formula is C23H22. The van der Waals surface area contributed by atoms with Gasteiger partial charge in [0.2, 0.25) is 0 Å². The Morgan fingerprint density at radius 1 is 0.739 bits per heavy atom. The highest BCUT2D eigenvalue weighted by molar-refractivity contribution is 6.19. The van der Waals surface area contributed by atoms with E-state index in [0.29, 0.717) is 0 Å². The van der Waals surface area contributed by atoms with Gasteiger partial charge in [0, 0.05) is 0 Å². The molecular weight excluding hydrogens is 276 g/mol. The molecule has 0 spiro atoms. The summed E-state index contributed by atoms with van der Waals surface area (Å²) in [4.78, 5) is 0. The van der Waals surface area contributed by atoms with Gasteiger partial charge < -0.3 is 0 Å². The van der Waals surface area contributed by atoms with E-state index in [4.69, 9.17) is 0 Å². The van der Waals surface area contributed by atoms with Crippen LogP contribution in [0.3, 0.4) is 0 Å². The predicted molar refractivity (Wildman–Crippen MR) is 102 cm³/mol. The van der Waals surface area contributed by atoms with E-state index in [9.17, 15) is 0 Å². The van der Waals surface area contributed by atoms with E-state index in [1.807, 2.05) is 0 Å². The fraction of sp³-hybridized carbons (Fsp3) is 0.217. The first-order chi connectivity index (χ1) is 11.3. The van der Waals surface area contributed by atoms with Crippen molar-refractivity contribution in [3.8, 4) is 0 Å². The minimum Gasteiger partial charge on any atom is -0.0654 e. The Kier molecular flexibility index (Phi) is 3.53. The van der Waals surface area contributed by atoms with E-state index in [0.717, 1.165) is 6.42 Å². The average molecular weight is 298 g/mol. The van der Waals surface area contributed by atoms with E-state index in [1.54, 1.807) is 0 Å². The van der Waals surface area contributed by atoms with Crippen molar-refractivity contribution in [3.05, 3.63) is 71.8 Å². The van der Waals surface area contributed by atoms with Gasteiger partial charge in [-0.2, -0.15) is 0 Å². The van der Waals surface area contributed by atoms with Gasteiger partial charge in [0.15, 0.2) is 0 Å². The van der Waals surface area contributed by atoms with Crippen molar-refractivity contribution < 1.29 is 0 Å². The first-order valence-electron chi connectivity index (χ1n) is 8.62. The van der Waals surface area contributed by atoms with Gasteiger partial charge in [-0.1, -0.05) is 74.0 Å². The molecule has 0 heteroatoms. The molecule has 4 aromatic carbocycles. The molecule has 23 heavy (non-hydrogen) atoms. The molecule has 0 radical (unpaired) electrons. The molecule has 0 aliphatic carbocycles. The highest BCUT2D eigenvalue weighted by Crippen LogP contribution is 2.36. The van der Waals surface area contributed by atoms with Gasteiger partial charge in [-0.15, -0.1) is 0 Å². The van der Waals surface area contributed by atoms with Crippen LogP contribution in [0.15, 0.2) is 60.7 Å². The van der Waals surface area contributed by atoms with Crippen LogP contribution in [0.4, 0.5) is 0 Å². The number of rotatable bonds is 3. The zero-order valence-corrected chi connectivity index (χ0v) is 13.9. The molecule has 0 amide bonds. The molecule has 4 aromatic rings. The van der Waals surface area contributed by atoms with Gasteiger partial charge in [0.1, 0.15) is 0 Å². The van der Waals surface area contributed by atoms with Crippen LogP contribution in [0.1, 0.15) is 30.9 Å². The Balaban J connectivity index is 2.22. The predicted octanol–water partition coefficient (Wildman–Crippen LogP) is 6.80. The van der Waals surface area contributed by atoms with Crippen LogP contribution >= 0.6 is 0 Å². The minimum absolute atomic E-state index is 1.16. The lowest BCUT2D eigenvalue weighted by atomic mass is 9.89. The maximum atomic E-state index is 2.41. The second-order valence-electron chi connectivity index (χ2n) is 6.52. The Hall–Kier alpha value is -2.34. The third kappa shape index (κ3) is 2.30. The molecule has 0 aliphatic heterocycles. The molecule has 0 atom stereocenters. The molecule has 0 aliphatic rings. The summed E-state index contributed by atoms with van der Waals surface area (Å²) < 4.78 is 0. The summed E-state index contributed by atoms with van der Waals surface area (Å²) in [5.74, 6) is 0. The number of benzene rings is 4. The van der Waals surface area contributed by atoms with Crippen LogP contribution in [-0.4, -0.2) is 0 Å². The number of unbranched alkanes of at least 4 members (excludes halogenated alkanes) is 1. The summed E-state index contributed by atoms with van der Waals surface area (Å²) in [6, 6.07) is 22.4. The lowest BCUT2D eigenvalue weighted by molar-refractivity contribution is 0.800. The second-order valence-corrected chi connectivity index (χ2v) is 6.52. The van der Waals surface area contributed by atoms with E-state index < -0.39 is 0 Å². The van der Waals surface area contributed by atoms with Gasteiger partial charge in [-0.3, -0.25) is 0 Å². The molecule has 0 aromatic heterocycles. The highest BCUT2D eigenvalue weighted by atomic mass is 14.1. The molecule has 0 saturated heterocycles. The maximum absolute atomic E-state index is 2.41. The Bertz CT molecular complexity index is 1010.